The maximum atomic E-state index is 5.70. The van der Waals surface area contributed by atoms with Crippen molar-refractivity contribution >= 4 is 27.0 Å². The largest absolute Gasteiger partial charge is 0.330 e. The van der Waals surface area contributed by atoms with E-state index in [0.717, 1.165) is 23.1 Å². The molecule has 0 aliphatic rings. The minimum Gasteiger partial charge on any atom is -0.330 e. The number of pyridine rings is 1. The summed E-state index contributed by atoms with van der Waals surface area (Å²) >= 11 is 3.51. The summed E-state index contributed by atoms with van der Waals surface area (Å²) < 4.78 is 3.30. The van der Waals surface area contributed by atoms with Crippen molar-refractivity contribution < 1.29 is 0 Å². The molecule has 3 rings (SSSR count). The molecule has 2 heterocycles. The highest BCUT2D eigenvalue weighted by atomic mass is 79.9. The van der Waals surface area contributed by atoms with Gasteiger partial charge in [0.2, 0.25) is 0 Å². The van der Waals surface area contributed by atoms with E-state index in [9.17, 15) is 0 Å². The number of hydrogen-bond acceptors (Lipinski definition) is 2. The summed E-state index contributed by atoms with van der Waals surface area (Å²) in [5, 5.41) is 1.20. The number of aromatic nitrogens is 2. The van der Waals surface area contributed by atoms with Crippen molar-refractivity contribution in [2.45, 2.75) is 13.0 Å². The summed E-state index contributed by atoms with van der Waals surface area (Å²) in [7, 11) is 0. The van der Waals surface area contributed by atoms with Gasteiger partial charge in [-0.1, -0.05) is 28.1 Å². The first-order valence-electron chi connectivity index (χ1n) is 6.65. The Morgan fingerprint density at radius 3 is 2.90 bits per heavy atom. The smallest absolute Gasteiger partial charge is 0.140 e. The zero-order valence-corrected chi connectivity index (χ0v) is 12.7. The second-order valence-corrected chi connectivity index (χ2v) is 5.74. The molecular weight excluding hydrogens is 314 g/mol. The Labute approximate surface area is 126 Å². The van der Waals surface area contributed by atoms with Crippen molar-refractivity contribution in [1.82, 2.24) is 9.55 Å². The van der Waals surface area contributed by atoms with Crippen molar-refractivity contribution in [3.8, 4) is 0 Å². The number of rotatable bonds is 4. The molecule has 0 saturated heterocycles. The van der Waals surface area contributed by atoms with Gasteiger partial charge in [0.05, 0.1) is 0 Å². The Morgan fingerprint density at radius 2 is 2.10 bits per heavy atom. The molecule has 0 spiro atoms. The molecule has 20 heavy (non-hydrogen) atoms. The van der Waals surface area contributed by atoms with Crippen LogP contribution in [0.5, 0.6) is 0 Å². The van der Waals surface area contributed by atoms with Crippen LogP contribution in [-0.2, 0) is 13.0 Å². The Morgan fingerprint density at radius 1 is 1.20 bits per heavy atom. The van der Waals surface area contributed by atoms with E-state index in [2.05, 4.69) is 55.9 Å². The van der Waals surface area contributed by atoms with Gasteiger partial charge in [0.1, 0.15) is 5.65 Å². The SMILES string of the molecule is NCCc1cn(Cc2cccc(Br)c2)c2ncccc12. The molecule has 0 aliphatic carbocycles. The number of halogens is 1. The van der Waals surface area contributed by atoms with Gasteiger partial charge in [0.25, 0.3) is 0 Å². The third kappa shape index (κ3) is 2.62. The minimum atomic E-state index is 0.658. The van der Waals surface area contributed by atoms with Crippen molar-refractivity contribution in [2.75, 3.05) is 6.54 Å². The van der Waals surface area contributed by atoms with Crippen molar-refractivity contribution in [1.29, 1.82) is 0 Å². The van der Waals surface area contributed by atoms with Crippen molar-refractivity contribution in [3.05, 3.63) is 64.4 Å². The Bertz CT molecular complexity index is 733. The molecule has 0 aliphatic heterocycles. The average Bonchev–Trinajstić information content (AvgIpc) is 2.78. The lowest BCUT2D eigenvalue weighted by Crippen LogP contribution is -2.02. The third-order valence-electron chi connectivity index (χ3n) is 3.37. The lowest BCUT2D eigenvalue weighted by atomic mass is 10.2. The van der Waals surface area contributed by atoms with E-state index in [1.54, 1.807) is 0 Å². The summed E-state index contributed by atoms with van der Waals surface area (Å²) in [5.41, 5.74) is 9.24. The second-order valence-electron chi connectivity index (χ2n) is 4.83. The van der Waals surface area contributed by atoms with E-state index in [-0.39, 0.29) is 0 Å². The van der Waals surface area contributed by atoms with Gasteiger partial charge in [0.15, 0.2) is 0 Å². The van der Waals surface area contributed by atoms with Crippen molar-refractivity contribution in [3.63, 3.8) is 0 Å². The fourth-order valence-corrected chi connectivity index (χ4v) is 2.95. The third-order valence-corrected chi connectivity index (χ3v) is 3.87. The van der Waals surface area contributed by atoms with Crippen LogP contribution in [0.15, 0.2) is 53.3 Å². The first-order chi connectivity index (χ1) is 9.78. The maximum absolute atomic E-state index is 5.70. The molecule has 0 radical (unpaired) electrons. The predicted octanol–water partition coefficient (Wildman–Crippen LogP) is 3.35. The van der Waals surface area contributed by atoms with Gasteiger partial charge in [-0.25, -0.2) is 4.98 Å². The van der Waals surface area contributed by atoms with E-state index in [0.29, 0.717) is 6.54 Å². The van der Waals surface area contributed by atoms with Crippen LogP contribution in [-0.4, -0.2) is 16.1 Å². The van der Waals surface area contributed by atoms with Crippen LogP contribution in [0, 0.1) is 0 Å². The lowest BCUT2D eigenvalue weighted by Gasteiger charge is -2.05. The highest BCUT2D eigenvalue weighted by molar-refractivity contribution is 9.10. The van der Waals surface area contributed by atoms with Crippen molar-refractivity contribution in [2.24, 2.45) is 5.73 Å². The van der Waals surface area contributed by atoms with Gasteiger partial charge >= 0.3 is 0 Å². The Kier molecular flexibility index (Phi) is 3.85. The number of fused-ring (bicyclic) bond motifs is 1. The number of hydrogen-bond donors (Lipinski definition) is 1. The molecule has 0 atom stereocenters. The van der Waals surface area contributed by atoms with Gasteiger partial charge < -0.3 is 10.3 Å². The van der Waals surface area contributed by atoms with Crippen LogP contribution in [0.3, 0.4) is 0 Å². The lowest BCUT2D eigenvalue weighted by molar-refractivity contribution is 0.816. The fraction of sp³-hybridized carbons (Fsp3) is 0.188. The van der Waals surface area contributed by atoms with E-state index in [1.807, 2.05) is 18.3 Å². The number of nitrogens with zero attached hydrogens (tertiary/aromatic N) is 2. The van der Waals surface area contributed by atoms with Gasteiger partial charge in [-0.05, 0) is 48.4 Å². The molecule has 2 aromatic heterocycles. The average molecular weight is 330 g/mol. The van der Waals surface area contributed by atoms with E-state index in [1.165, 1.54) is 16.5 Å². The molecule has 0 fully saturated rings. The molecule has 4 heteroatoms. The normalized spacial score (nSPS) is 11.1. The summed E-state index contributed by atoms with van der Waals surface area (Å²) in [5.74, 6) is 0. The molecule has 1 aromatic carbocycles. The van der Waals surface area contributed by atoms with E-state index >= 15 is 0 Å². The highest BCUT2D eigenvalue weighted by Gasteiger charge is 2.09. The number of nitrogens with two attached hydrogens (primary N) is 1. The van der Waals surface area contributed by atoms with Gasteiger partial charge in [-0.2, -0.15) is 0 Å². The molecule has 3 aromatic rings. The van der Waals surface area contributed by atoms with E-state index in [4.69, 9.17) is 5.73 Å². The first-order valence-corrected chi connectivity index (χ1v) is 7.44. The monoisotopic (exact) mass is 329 g/mol. The van der Waals surface area contributed by atoms with Crippen LogP contribution in [0.4, 0.5) is 0 Å². The Balaban J connectivity index is 2.03. The molecule has 0 saturated carbocycles. The molecule has 102 valence electrons. The highest BCUT2D eigenvalue weighted by Crippen LogP contribution is 2.21. The molecule has 2 N–H and O–H groups in total. The van der Waals surface area contributed by atoms with Gasteiger partial charge in [0, 0.05) is 28.8 Å². The number of benzene rings is 1. The second kappa shape index (κ2) is 5.77. The predicted molar refractivity (Wildman–Crippen MR) is 85.7 cm³/mol. The standard InChI is InChI=1S/C16H16BrN3/c17-14-4-1-3-12(9-14)10-20-11-13(6-7-18)15-5-2-8-19-16(15)20/h1-5,8-9,11H,6-7,10,18H2. The van der Waals surface area contributed by atoms with Gasteiger partial charge in [-0.3, -0.25) is 0 Å². The Hall–Kier alpha value is -1.65. The van der Waals surface area contributed by atoms with Crippen LogP contribution in [0.1, 0.15) is 11.1 Å². The summed E-state index contributed by atoms with van der Waals surface area (Å²) in [6.45, 7) is 1.47. The van der Waals surface area contributed by atoms with Gasteiger partial charge in [-0.15, -0.1) is 0 Å². The van der Waals surface area contributed by atoms with Crippen LogP contribution >= 0.6 is 15.9 Å². The fourth-order valence-electron chi connectivity index (χ4n) is 2.50. The first kappa shape index (κ1) is 13.3. The van der Waals surface area contributed by atoms with Crippen LogP contribution in [0.25, 0.3) is 11.0 Å². The van der Waals surface area contributed by atoms with E-state index < -0.39 is 0 Å². The molecule has 0 bridgehead atoms. The maximum Gasteiger partial charge on any atom is 0.140 e. The molecular formula is C16H16BrN3. The topological polar surface area (TPSA) is 43.8 Å². The van der Waals surface area contributed by atoms with Crippen LogP contribution in [0.2, 0.25) is 0 Å². The quantitative estimate of drug-likeness (QED) is 0.797. The zero-order chi connectivity index (χ0) is 13.9. The minimum absolute atomic E-state index is 0.658. The summed E-state index contributed by atoms with van der Waals surface area (Å²) in [4.78, 5) is 4.51. The summed E-state index contributed by atoms with van der Waals surface area (Å²) in [6.07, 6.45) is 4.89. The zero-order valence-electron chi connectivity index (χ0n) is 11.1. The summed E-state index contributed by atoms with van der Waals surface area (Å²) in [6, 6.07) is 12.4. The molecule has 0 unspecified atom stereocenters. The van der Waals surface area contributed by atoms with Crippen LogP contribution < -0.4 is 5.73 Å². The molecule has 3 nitrogen and oxygen atoms in total. The molecule has 0 amide bonds.